The summed E-state index contributed by atoms with van der Waals surface area (Å²) in [5, 5.41) is 14.6. The van der Waals surface area contributed by atoms with Crippen LogP contribution in [-0.4, -0.2) is 58.1 Å². The number of methoxy groups -OCH3 is 1. The van der Waals surface area contributed by atoms with E-state index in [2.05, 4.69) is 5.10 Å². The van der Waals surface area contributed by atoms with Crippen molar-refractivity contribution in [2.75, 3.05) is 26.8 Å². The van der Waals surface area contributed by atoms with Gasteiger partial charge in [0, 0.05) is 32.0 Å². The maximum atomic E-state index is 12.6. The van der Waals surface area contributed by atoms with E-state index in [0.717, 1.165) is 11.3 Å². The molecule has 1 aromatic heterocycles. The molecule has 1 saturated heterocycles. The van der Waals surface area contributed by atoms with E-state index in [1.165, 1.54) is 0 Å². The molecule has 6 nitrogen and oxygen atoms in total. The first-order valence-electron chi connectivity index (χ1n) is 8.13. The van der Waals surface area contributed by atoms with Gasteiger partial charge in [-0.1, -0.05) is 0 Å². The van der Waals surface area contributed by atoms with Gasteiger partial charge in [-0.05, 0) is 49.6 Å². The van der Waals surface area contributed by atoms with Crippen molar-refractivity contribution in [3.63, 3.8) is 0 Å². The van der Waals surface area contributed by atoms with Gasteiger partial charge in [0.15, 0.2) is 0 Å². The van der Waals surface area contributed by atoms with Crippen LogP contribution in [0, 0.1) is 6.92 Å². The van der Waals surface area contributed by atoms with Gasteiger partial charge < -0.3 is 14.7 Å². The molecule has 1 aromatic carbocycles. The molecule has 1 aliphatic heterocycles. The third-order valence-electron chi connectivity index (χ3n) is 4.48. The van der Waals surface area contributed by atoms with Crippen molar-refractivity contribution < 1.29 is 14.6 Å². The Morgan fingerprint density at radius 3 is 2.50 bits per heavy atom. The molecule has 24 heavy (non-hydrogen) atoms. The fraction of sp³-hybridized carbons (Fsp3) is 0.444. The summed E-state index contributed by atoms with van der Waals surface area (Å²) in [6, 6.07) is 7.44. The minimum atomic E-state index is -0.812. The molecule has 0 unspecified atom stereocenters. The molecular formula is C18H23N3O3. The van der Waals surface area contributed by atoms with Gasteiger partial charge >= 0.3 is 0 Å². The van der Waals surface area contributed by atoms with Crippen molar-refractivity contribution in [1.29, 1.82) is 0 Å². The highest BCUT2D eigenvalue weighted by Gasteiger charge is 2.34. The highest BCUT2D eigenvalue weighted by molar-refractivity contribution is 5.94. The SMILES string of the molecule is COCC1(O)CCN(C(=O)c2ccc(-n3cc(C)cn3)cc2)CC1. The number of carbonyl (C=O) groups is 1. The summed E-state index contributed by atoms with van der Waals surface area (Å²) in [5.41, 5.74) is 1.85. The number of amides is 1. The number of aliphatic hydroxyl groups is 1. The number of nitrogens with zero attached hydrogens (tertiary/aromatic N) is 3. The Hall–Kier alpha value is -2.18. The number of carbonyl (C=O) groups excluding carboxylic acids is 1. The number of ether oxygens (including phenoxy) is 1. The first kappa shape index (κ1) is 16.7. The number of hydrogen-bond donors (Lipinski definition) is 1. The lowest BCUT2D eigenvalue weighted by Gasteiger charge is -2.37. The molecule has 0 radical (unpaired) electrons. The average Bonchev–Trinajstić information content (AvgIpc) is 3.02. The van der Waals surface area contributed by atoms with Crippen LogP contribution in [0.5, 0.6) is 0 Å². The van der Waals surface area contributed by atoms with Crippen LogP contribution in [0.2, 0.25) is 0 Å². The lowest BCUT2D eigenvalue weighted by atomic mass is 9.92. The van der Waals surface area contributed by atoms with Gasteiger partial charge in [-0.15, -0.1) is 0 Å². The van der Waals surface area contributed by atoms with Crippen molar-refractivity contribution in [3.8, 4) is 5.69 Å². The van der Waals surface area contributed by atoms with E-state index < -0.39 is 5.60 Å². The highest BCUT2D eigenvalue weighted by atomic mass is 16.5. The normalized spacial score (nSPS) is 17.0. The Balaban J connectivity index is 1.66. The first-order chi connectivity index (χ1) is 11.5. The maximum absolute atomic E-state index is 12.6. The molecule has 0 bridgehead atoms. The van der Waals surface area contributed by atoms with Gasteiger partial charge in [-0.3, -0.25) is 4.79 Å². The maximum Gasteiger partial charge on any atom is 0.253 e. The molecule has 1 fully saturated rings. The zero-order valence-electron chi connectivity index (χ0n) is 14.1. The van der Waals surface area contributed by atoms with Gasteiger partial charge in [0.2, 0.25) is 0 Å². The van der Waals surface area contributed by atoms with E-state index in [0.29, 0.717) is 38.1 Å². The summed E-state index contributed by atoms with van der Waals surface area (Å²) < 4.78 is 6.85. The molecule has 3 rings (SSSR count). The van der Waals surface area contributed by atoms with E-state index in [-0.39, 0.29) is 5.91 Å². The molecule has 2 heterocycles. The van der Waals surface area contributed by atoms with Crippen LogP contribution in [0.25, 0.3) is 5.69 Å². The largest absolute Gasteiger partial charge is 0.387 e. The summed E-state index contributed by atoms with van der Waals surface area (Å²) in [5.74, 6) is -0.00216. The molecular weight excluding hydrogens is 306 g/mol. The standard InChI is InChI=1S/C18H23N3O3/c1-14-11-19-21(12-14)16-5-3-15(4-6-16)17(22)20-9-7-18(23,8-10-20)13-24-2/h3-6,11-12,23H,7-10,13H2,1-2H3. The fourth-order valence-electron chi connectivity index (χ4n) is 3.03. The first-order valence-corrected chi connectivity index (χ1v) is 8.13. The van der Waals surface area contributed by atoms with Crippen LogP contribution >= 0.6 is 0 Å². The van der Waals surface area contributed by atoms with Crippen LogP contribution < -0.4 is 0 Å². The minimum absolute atomic E-state index is 0.00216. The summed E-state index contributed by atoms with van der Waals surface area (Å²) in [4.78, 5) is 14.4. The van der Waals surface area contributed by atoms with Crippen LogP contribution in [0.3, 0.4) is 0 Å². The number of hydrogen-bond acceptors (Lipinski definition) is 4. The Morgan fingerprint density at radius 1 is 1.29 bits per heavy atom. The number of piperidine rings is 1. The monoisotopic (exact) mass is 329 g/mol. The van der Waals surface area contributed by atoms with Crippen molar-refractivity contribution >= 4 is 5.91 Å². The van der Waals surface area contributed by atoms with Crippen molar-refractivity contribution in [3.05, 3.63) is 47.8 Å². The predicted molar refractivity (Wildman–Crippen MR) is 90.3 cm³/mol. The van der Waals surface area contributed by atoms with E-state index in [4.69, 9.17) is 4.74 Å². The van der Waals surface area contributed by atoms with E-state index in [1.54, 1.807) is 22.9 Å². The number of likely N-dealkylation sites (tertiary alicyclic amines) is 1. The molecule has 128 valence electrons. The molecule has 0 atom stereocenters. The Labute approximate surface area is 141 Å². The molecule has 1 N–H and O–H groups in total. The van der Waals surface area contributed by atoms with Crippen molar-refractivity contribution in [2.24, 2.45) is 0 Å². The predicted octanol–water partition coefficient (Wildman–Crippen LogP) is 1.79. The average molecular weight is 329 g/mol. The van der Waals surface area contributed by atoms with Crippen LogP contribution in [0.1, 0.15) is 28.8 Å². The van der Waals surface area contributed by atoms with Gasteiger partial charge in [-0.25, -0.2) is 4.68 Å². The molecule has 6 heteroatoms. The molecule has 0 aliphatic carbocycles. The van der Waals surface area contributed by atoms with Crippen LogP contribution in [0.4, 0.5) is 0 Å². The number of benzene rings is 1. The number of aromatic nitrogens is 2. The van der Waals surface area contributed by atoms with E-state index >= 15 is 0 Å². The third-order valence-corrected chi connectivity index (χ3v) is 4.48. The summed E-state index contributed by atoms with van der Waals surface area (Å²) in [7, 11) is 1.58. The Bertz CT molecular complexity index is 701. The highest BCUT2D eigenvalue weighted by Crippen LogP contribution is 2.24. The van der Waals surface area contributed by atoms with Gasteiger partial charge in [0.25, 0.3) is 5.91 Å². The molecule has 0 spiro atoms. The van der Waals surface area contributed by atoms with Crippen molar-refractivity contribution in [1.82, 2.24) is 14.7 Å². The Kier molecular flexibility index (Phi) is 4.69. The zero-order chi connectivity index (χ0) is 17.2. The lowest BCUT2D eigenvalue weighted by Crippen LogP contribution is -2.48. The van der Waals surface area contributed by atoms with Crippen LogP contribution in [-0.2, 0) is 4.74 Å². The Morgan fingerprint density at radius 2 is 1.96 bits per heavy atom. The van der Waals surface area contributed by atoms with Crippen molar-refractivity contribution in [2.45, 2.75) is 25.4 Å². The summed E-state index contributed by atoms with van der Waals surface area (Å²) in [6.45, 7) is 3.38. The summed E-state index contributed by atoms with van der Waals surface area (Å²) in [6.07, 6.45) is 4.82. The third kappa shape index (κ3) is 3.49. The molecule has 1 amide bonds. The second-order valence-corrected chi connectivity index (χ2v) is 6.46. The van der Waals surface area contributed by atoms with Crippen LogP contribution in [0.15, 0.2) is 36.7 Å². The molecule has 0 saturated carbocycles. The smallest absolute Gasteiger partial charge is 0.253 e. The fourth-order valence-corrected chi connectivity index (χ4v) is 3.03. The number of aryl methyl sites for hydroxylation is 1. The zero-order valence-corrected chi connectivity index (χ0v) is 14.1. The number of rotatable bonds is 4. The lowest BCUT2D eigenvalue weighted by molar-refractivity contribution is -0.0662. The second-order valence-electron chi connectivity index (χ2n) is 6.46. The van der Waals surface area contributed by atoms with E-state index in [9.17, 15) is 9.90 Å². The minimum Gasteiger partial charge on any atom is -0.387 e. The van der Waals surface area contributed by atoms with Gasteiger partial charge in [-0.2, -0.15) is 5.10 Å². The topological polar surface area (TPSA) is 67.6 Å². The van der Waals surface area contributed by atoms with Gasteiger partial charge in [0.05, 0.1) is 24.1 Å². The molecule has 2 aromatic rings. The molecule has 1 aliphatic rings. The quantitative estimate of drug-likeness (QED) is 0.929. The summed E-state index contributed by atoms with van der Waals surface area (Å²) >= 11 is 0. The van der Waals surface area contributed by atoms with E-state index in [1.807, 2.05) is 37.4 Å². The van der Waals surface area contributed by atoms with Gasteiger partial charge in [0.1, 0.15) is 0 Å². The second kappa shape index (κ2) is 6.75.